The van der Waals surface area contributed by atoms with E-state index in [1.807, 2.05) is 0 Å². The number of nitrogens with one attached hydrogen (secondary N) is 1. The second-order valence-corrected chi connectivity index (χ2v) is 5.91. The molecule has 1 fully saturated rings. The van der Waals surface area contributed by atoms with Crippen LogP contribution < -0.4 is 5.32 Å². The molecule has 15 heavy (non-hydrogen) atoms. The predicted octanol–water partition coefficient (Wildman–Crippen LogP) is 2.83. The molecule has 1 aliphatic carbocycles. The van der Waals surface area contributed by atoms with E-state index >= 15 is 0 Å². The molecule has 0 heterocycles. The zero-order valence-corrected chi connectivity index (χ0v) is 11.0. The van der Waals surface area contributed by atoms with E-state index in [1.54, 1.807) is 0 Å². The van der Waals surface area contributed by atoms with Gasteiger partial charge in [-0.15, -0.1) is 0 Å². The maximum absolute atomic E-state index is 6.02. The van der Waals surface area contributed by atoms with Crippen LogP contribution in [0.15, 0.2) is 0 Å². The second-order valence-electron chi connectivity index (χ2n) is 5.91. The van der Waals surface area contributed by atoms with Crippen LogP contribution in [0.25, 0.3) is 0 Å². The Balaban J connectivity index is 2.54. The average molecular weight is 213 g/mol. The quantitative estimate of drug-likeness (QED) is 0.775. The SMILES string of the molecule is CNC1C(OCC(C)C)CCCC1(C)C. The standard InChI is InChI=1S/C13H27NO/c1-10(2)9-15-11-7-6-8-13(3,4)12(11)14-5/h10-12,14H,6-9H2,1-5H3. The van der Waals surface area contributed by atoms with E-state index in [2.05, 4.69) is 40.1 Å². The van der Waals surface area contributed by atoms with Crippen LogP contribution >= 0.6 is 0 Å². The summed E-state index contributed by atoms with van der Waals surface area (Å²) in [7, 11) is 2.06. The molecule has 0 aromatic carbocycles. The molecule has 0 spiro atoms. The molecular weight excluding hydrogens is 186 g/mol. The summed E-state index contributed by atoms with van der Waals surface area (Å²) >= 11 is 0. The summed E-state index contributed by atoms with van der Waals surface area (Å²) in [6, 6.07) is 0.505. The van der Waals surface area contributed by atoms with Gasteiger partial charge in [0.2, 0.25) is 0 Å². The Labute approximate surface area is 94.8 Å². The molecular formula is C13H27NO. The molecule has 2 atom stereocenters. The fraction of sp³-hybridized carbons (Fsp3) is 1.00. The number of rotatable bonds is 4. The molecule has 0 aromatic heterocycles. The van der Waals surface area contributed by atoms with Gasteiger partial charge in [0.1, 0.15) is 0 Å². The van der Waals surface area contributed by atoms with Crippen molar-refractivity contribution in [2.24, 2.45) is 11.3 Å². The number of ether oxygens (including phenoxy) is 1. The third-order valence-electron chi connectivity index (χ3n) is 3.48. The van der Waals surface area contributed by atoms with Gasteiger partial charge in [0.25, 0.3) is 0 Å². The van der Waals surface area contributed by atoms with Crippen molar-refractivity contribution in [3.8, 4) is 0 Å². The summed E-state index contributed by atoms with van der Waals surface area (Å²) in [4.78, 5) is 0. The second kappa shape index (κ2) is 5.31. The minimum Gasteiger partial charge on any atom is -0.376 e. The lowest BCUT2D eigenvalue weighted by molar-refractivity contribution is -0.0438. The first-order chi connectivity index (χ1) is 6.97. The highest BCUT2D eigenvalue weighted by Crippen LogP contribution is 2.36. The van der Waals surface area contributed by atoms with Crippen LogP contribution in [0.5, 0.6) is 0 Å². The van der Waals surface area contributed by atoms with Crippen LogP contribution in [0.2, 0.25) is 0 Å². The smallest absolute Gasteiger partial charge is 0.0733 e. The van der Waals surface area contributed by atoms with Gasteiger partial charge in [0.05, 0.1) is 6.10 Å². The van der Waals surface area contributed by atoms with Crippen molar-refractivity contribution in [2.75, 3.05) is 13.7 Å². The summed E-state index contributed by atoms with van der Waals surface area (Å²) < 4.78 is 6.02. The highest BCUT2D eigenvalue weighted by Gasteiger charge is 2.38. The first-order valence-electron chi connectivity index (χ1n) is 6.26. The van der Waals surface area contributed by atoms with Crippen molar-refractivity contribution in [3.63, 3.8) is 0 Å². The van der Waals surface area contributed by atoms with E-state index in [4.69, 9.17) is 4.74 Å². The van der Waals surface area contributed by atoms with Gasteiger partial charge in [0, 0.05) is 12.6 Å². The summed E-state index contributed by atoms with van der Waals surface area (Å²) in [5, 5.41) is 3.44. The zero-order chi connectivity index (χ0) is 11.5. The van der Waals surface area contributed by atoms with Gasteiger partial charge in [0.15, 0.2) is 0 Å². The summed E-state index contributed by atoms with van der Waals surface area (Å²) in [6.45, 7) is 10.0. The first kappa shape index (κ1) is 13.0. The predicted molar refractivity (Wildman–Crippen MR) is 65.1 cm³/mol. The molecule has 2 unspecified atom stereocenters. The highest BCUT2D eigenvalue weighted by molar-refractivity contribution is 4.93. The maximum Gasteiger partial charge on any atom is 0.0733 e. The van der Waals surface area contributed by atoms with Gasteiger partial charge < -0.3 is 10.1 Å². The van der Waals surface area contributed by atoms with Crippen LogP contribution in [0.3, 0.4) is 0 Å². The Morgan fingerprint density at radius 2 is 2.07 bits per heavy atom. The molecule has 90 valence electrons. The Kier molecular flexibility index (Phi) is 4.60. The Morgan fingerprint density at radius 3 is 2.60 bits per heavy atom. The van der Waals surface area contributed by atoms with Crippen LogP contribution in [-0.2, 0) is 4.74 Å². The molecule has 0 saturated heterocycles. The molecule has 0 aliphatic heterocycles. The minimum absolute atomic E-state index is 0.370. The molecule has 1 N–H and O–H groups in total. The Morgan fingerprint density at radius 1 is 1.40 bits per heavy atom. The molecule has 0 radical (unpaired) electrons. The van der Waals surface area contributed by atoms with Crippen LogP contribution in [-0.4, -0.2) is 25.8 Å². The van der Waals surface area contributed by atoms with E-state index in [0.717, 1.165) is 6.61 Å². The minimum atomic E-state index is 0.370. The zero-order valence-electron chi connectivity index (χ0n) is 11.0. The van der Waals surface area contributed by atoms with E-state index in [0.29, 0.717) is 23.5 Å². The van der Waals surface area contributed by atoms with Crippen molar-refractivity contribution in [3.05, 3.63) is 0 Å². The lowest BCUT2D eigenvalue weighted by Crippen LogP contribution is -2.52. The van der Waals surface area contributed by atoms with Crippen molar-refractivity contribution < 1.29 is 4.74 Å². The topological polar surface area (TPSA) is 21.3 Å². The summed E-state index contributed by atoms with van der Waals surface area (Å²) in [6.07, 6.45) is 4.22. The van der Waals surface area contributed by atoms with Crippen molar-refractivity contribution >= 4 is 0 Å². The fourth-order valence-corrected chi connectivity index (χ4v) is 2.66. The third-order valence-corrected chi connectivity index (χ3v) is 3.48. The molecule has 2 nitrogen and oxygen atoms in total. The molecule has 2 heteroatoms. The van der Waals surface area contributed by atoms with Crippen LogP contribution in [0.4, 0.5) is 0 Å². The van der Waals surface area contributed by atoms with Crippen LogP contribution in [0.1, 0.15) is 47.0 Å². The molecule has 1 aliphatic rings. The Bertz CT molecular complexity index is 189. The summed E-state index contributed by atoms with van der Waals surface area (Å²) in [5.41, 5.74) is 0.370. The average Bonchev–Trinajstić information content (AvgIpc) is 2.13. The van der Waals surface area contributed by atoms with Gasteiger partial charge in [-0.05, 0) is 31.2 Å². The lowest BCUT2D eigenvalue weighted by atomic mass is 9.72. The van der Waals surface area contributed by atoms with E-state index in [-0.39, 0.29) is 0 Å². The fourth-order valence-electron chi connectivity index (χ4n) is 2.66. The number of likely N-dealkylation sites (N-methyl/N-ethyl adjacent to an activating group) is 1. The van der Waals surface area contributed by atoms with Gasteiger partial charge in [-0.2, -0.15) is 0 Å². The van der Waals surface area contributed by atoms with Crippen molar-refractivity contribution in [2.45, 2.75) is 59.1 Å². The number of hydrogen-bond donors (Lipinski definition) is 1. The molecule has 1 saturated carbocycles. The molecule has 0 amide bonds. The van der Waals surface area contributed by atoms with Crippen molar-refractivity contribution in [1.82, 2.24) is 5.32 Å². The van der Waals surface area contributed by atoms with Gasteiger partial charge in [-0.3, -0.25) is 0 Å². The van der Waals surface area contributed by atoms with Gasteiger partial charge >= 0.3 is 0 Å². The molecule has 1 rings (SSSR count). The maximum atomic E-state index is 6.02. The lowest BCUT2D eigenvalue weighted by Gasteiger charge is -2.43. The monoisotopic (exact) mass is 213 g/mol. The first-order valence-corrected chi connectivity index (χ1v) is 6.26. The van der Waals surface area contributed by atoms with Gasteiger partial charge in [-0.25, -0.2) is 0 Å². The third kappa shape index (κ3) is 3.46. The largest absolute Gasteiger partial charge is 0.376 e. The van der Waals surface area contributed by atoms with E-state index in [9.17, 15) is 0 Å². The highest BCUT2D eigenvalue weighted by atomic mass is 16.5. The molecule has 0 aromatic rings. The van der Waals surface area contributed by atoms with E-state index < -0.39 is 0 Å². The normalized spacial score (nSPS) is 30.8. The summed E-state index contributed by atoms with van der Waals surface area (Å²) in [5.74, 6) is 0.632. The van der Waals surface area contributed by atoms with E-state index in [1.165, 1.54) is 19.3 Å². The van der Waals surface area contributed by atoms with Gasteiger partial charge in [-0.1, -0.05) is 34.1 Å². The van der Waals surface area contributed by atoms with Crippen LogP contribution in [0, 0.1) is 11.3 Å². The Hall–Kier alpha value is -0.0800. The number of hydrogen-bond acceptors (Lipinski definition) is 2. The van der Waals surface area contributed by atoms with Crippen molar-refractivity contribution in [1.29, 1.82) is 0 Å². The molecule has 0 bridgehead atoms.